The molecule has 1 aliphatic heterocycles. The lowest BCUT2D eigenvalue weighted by molar-refractivity contribution is -0.117. The second-order valence-electron chi connectivity index (χ2n) is 5.53. The first-order valence-electron chi connectivity index (χ1n) is 7.22. The van der Waals surface area contributed by atoms with Gasteiger partial charge in [0, 0.05) is 24.2 Å². The molecule has 2 rings (SSSR count). The number of likely N-dealkylation sites (tertiary alicyclic amines) is 1. The molecule has 4 nitrogen and oxygen atoms in total. The Morgan fingerprint density at radius 2 is 2.33 bits per heavy atom. The van der Waals surface area contributed by atoms with E-state index in [0.717, 1.165) is 25.9 Å². The molecule has 1 aromatic rings. The van der Waals surface area contributed by atoms with E-state index in [9.17, 15) is 9.18 Å². The predicted molar refractivity (Wildman–Crippen MR) is 82.9 cm³/mol. The minimum Gasteiger partial charge on any atom is -0.327 e. The van der Waals surface area contributed by atoms with Crippen molar-refractivity contribution in [3.8, 4) is 0 Å². The minimum absolute atomic E-state index is 0.158. The summed E-state index contributed by atoms with van der Waals surface area (Å²) in [6.07, 6.45) is 1.90. The van der Waals surface area contributed by atoms with E-state index >= 15 is 0 Å². The van der Waals surface area contributed by atoms with E-state index in [1.807, 2.05) is 0 Å². The topological polar surface area (TPSA) is 58.4 Å². The molecule has 2 atom stereocenters. The van der Waals surface area contributed by atoms with Crippen molar-refractivity contribution in [1.82, 2.24) is 4.90 Å². The summed E-state index contributed by atoms with van der Waals surface area (Å²) in [6, 6.07) is 4.41. The lowest BCUT2D eigenvalue weighted by Crippen LogP contribution is -2.48. The van der Waals surface area contributed by atoms with Gasteiger partial charge in [-0.25, -0.2) is 4.39 Å². The third-order valence-corrected chi connectivity index (χ3v) is 4.21. The highest BCUT2D eigenvalue weighted by Crippen LogP contribution is 2.20. The predicted octanol–water partition coefficient (Wildman–Crippen LogP) is 2.48. The largest absolute Gasteiger partial charge is 0.327 e. The van der Waals surface area contributed by atoms with Crippen LogP contribution in [-0.4, -0.2) is 36.5 Å². The zero-order valence-electron chi connectivity index (χ0n) is 12.1. The Kier molecular flexibility index (Phi) is 5.56. The van der Waals surface area contributed by atoms with Gasteiger partial charge in [0.1, 0.15) is 5.82 Å². The number of nitrogens with zero attached hydrogens (tertiary/aromatic N) is 1. The molecule has 1 fully saturated rings. The highest BCUT2D eigenvalue weighted by atomic mass is 35.5. The average molecular weight is 314 g/mol. The van der Waals surface area contributed by atoms with Crippen LogP contribution in [0.1, 0.15) is 19.8 Å². The van der Waals surface area contributed by atoms with Crippen molar-refractivity contribution < 1.29 is 9.18 Å². The maximum absolute atomic E-state index is 13.6. The Morgan fingerprint density at radius 1 is 1.57 bits per heavy atom. The van der Waals surface area contributed by atoms with Crippen LogP contribution in [0.2, 0.25) is 5.02 Å². The molecule has 0 spiro atoms. The van der Waals surface area contributed by atoms with Gasteiger partial charge in [0.2, 0.25) is 5.91 Å². The second-order valence-corrected chi connectivity index (χ2v) is 5.96. The van der Waals surface area contributed by atoms with Gasteiger partial charge in [-0.2, -0.15) is 0 Å². The SMILES string of the molecule is CCC1CN(CC(=O)Nc2ccc(Cl)cc2F)CCC1N. The molecule has 21 heavy (non-hydrogen) atoms. The fourth-order valence-corrected chi connectivity index (χ4v) is 2.84. The standard InChI is InChI=1S/C15H21ClFN3O/c1-2-10-8-20(6-5-13(10)18)9-15(21)19-14-4-3-11(16)7-12(14)17/h3-4,7,10,13H,2,5-6,8-9,18H2,1H3,(H,19,21). The molecule has 1 amide bonds. The summed E-state index contributed by atoms with van der Waals surface area (Å²) in [4.78, 5) is 14.1. The van der Waals surface area contributed by atoms with Crippen molar-refractivity contribution in [2.24, 2.45) is 11.7 Å². The zero-order chi connectivity index (χ0) is 15.4. The highest BCUT2D eigenvalue weighted by Gasteiger charge is 2.26. The van der Waals surface area contributed by atoms with Gasteiger partial charge in [-0.05, 0) is 30.5 Å². The van der Waals surface area contributed by atoms with Gasteiger partial charge in [0.15, 0.2) is 0 Å². The lowest BCUT2D eigenvalue weighted by Gasteiger charge is -2.36. The second kappa shape index (κ2) is 7.20. The van der Waals surface area contributed by atoms with E-state index in [2.05, 4.69) is 17.1 Å². The van der Waals surface area contributed by atoms with Crippen molar-refractivity contribution in [2.45, 2.75) is 25.8 Å². The number of anilines is 1. The van der Waals surface area contributed by atoms with Crippen LogP contribution in [-0.2, 0) is 4.79 Å². The summed E-state index contributed by atoms with van der Waals surface area (Å²) in [5, 5.41) is 2.89. The molecule has 2 unspecified atom stereocenters. The first kappa shape index (κ1) is 16.2. The third-order valence-electron chi connectivity index (χ3n) is 3.97. The number of amides is 1. The molecule has 3 N–H and O–H groups in total. The third kappa shape index (κ3) is 4.40. The number of carbonyl (C=O) groups is 1. The maximum Gasteiger partial charge on any atom is 0.238 e. The molecule has 116 valence electrons. The van der Waals surface area contributed by atoms with Gasteiger partial charge in [0.05, 0.1) is 12.2 Å². The summed E-state index contributed by atoms with van der Waals surface area (Å²) < 4.78 is 13.6. The Labute approximate surface area is 129 Å². The van der Waals surface area contributed by atoms with E-state index in [0.29, 0.717) is 10.9 Å². The summed E-state index contributed by atoms with van der Waals surface area (Å²) in [5.74, 6) is -0.330. The van der Waals surface area contributed by atoms with E-state index < -0.39 is 5.82 Å². The molecule has 0 aliphatic carbocycles. The van der Waals surface area contributed by atoms with Crippen molar-refractivity contribution in [3.05, 3.63) is 29.0 Å². The van der Waals surface area contributed by atoms with Gasteiger partial charge in [0.25, 0.3) is 0 Å². The molecule has 1 heterocycles. The number of piperidine rings is 1. The van der Waals surface area contributed by atoms with E-state index in [-0.39, 0.29) is 24.2 Å². The fourth-order valence-electron chi connectivity index (χ4n) is 2.68. The molecular weight excluding hydrogens is 293 g/mol. The number of nitrogens with one attached hydrogen (secondary N) is 1. The van der Waals surface area contributed by atoms with Crippen LogP contribution in [0.4, 0.5) is 10.1 Å². The Hall–Kier alpha value is -1.17. The van der Waals surface area contributed by atoms with Gasteiger partial charge < -0.3 is 11.1 Å². The molecule has 0 radical (unpaired) electrons. The van der Waals surface area contributed by atoms with Gasteiger partial charge in [-0.3, -0.25) is 9.69 Å². The first-order valence-corrected chi connectivity index (χ1v) is 7.60. The number of nitrogens with two attached hydrogens (primary N) is 1. The summed E-state index contributed by atoms with van der Waals surface area (Å²) >= 11 is 5.68. The zero-order valence-corrected chi connectivity index (χ0v) is 12.9. The Balaban J connectivity index is 1.90. The summed E-state index contributed by atoms with van der Waals surface area (Å²) in [5.41, 5.74) is 6.21. The fraction of sp³-hybridized carbons (Fsp3) is 0.533. The molecule has 0 aromatic heterocycles. The van der Waals surface area contributed by atoms with Gasteiger partial charge in [-0.1, -0.05) is 24.9 Å². The molecule has 1 aliphatic rings. The average Bonchev–Trinajstić information content (AvgIpc) is 2.44. The minimum atomic E-state index is -0.525. The van der Waals surface area contributed by atoms with Gasteiger partial charge >= 0.3 is 0 Å². The number of rotatable bonds is 4. The van der Waals surface area contributed by atoms with Gasteiger partial charge in [-0.15, -0.1) is 0 Å². The van der Waals surface area contributed by atoms with Crippen molar-refractivity contribution >= 4 is 23.2 Å². The number of hydrogen-bond acceptors (Lipinski definition) is 3. The lowest BCUT2D eigenvalue weighted by atomic mass is 9.91. The van der Waals surface area contributed by atoms with Crippen LogP contribution in [0.25, 0.3) is 0 Å². The Bertz CT molecular complexity index is 512. The molecule has 0 bridgehead atoms. The molecule has 0 saturated carbocycles. The smallest absolute Gasteiger partial charge is 0.238 e. The van der Waals surface area contributed by atoms with Crippen LogP contribution in [0.5, 0.6) is 0 Å². The molecule has 1 saturated heterocycles. The molecular formula is C15H21ClFN3O. The number of halogens is 2. The quantitative estimate of drug-likeness (QED) is 0.898. The van der Waals surface area contributed by atoms with Crippen molar-refractivity contribution in [3.63, 3.8) is 0 Å². The van der Waals surface area contributed by atoms with E-state index in [1.54, 1.807) is 6.07 Å². The number of benzene rings is 1. The van der Waals surface area contributed by atoms with Crippen molar-refractivity contribution in [1.29, 1.82) is 0 Å². The van der Waals surface area contributed by atoms with Crippen LogP contribution < -0.4 is 11.1 Å². The summed E-state index contributed by atoms with van der Waals surface area (Å²) in [7, 11) is 0. The van der Waals surface area contributed by atoms with E-state index in [4.69, 9.17) is 17.3 Å². The monoisotopic (exact) mass is 313 g/mol. The number of hydrogen-bond donors (Lipinski definition) is 2. The first-order chi connectivity index (χ1) is 9.99. The van der Waals surface area contributed by atoms with E-state index in [1.165, 1.54) is 12.1 Å². The van der Waals surface area contributed by atoms with Crippen LogP contribution >= 0.6 is 11.6 Å². The Morgan fingerprint density at radius 3 is 3.00 bits per heavy atom. The van der Waals surface area contributed by atoms with Crippen molar-refractivity contribution in [2.75, 3.05) is 25.0 Å². The number of carbonyl (C=O) groups excluding carboxylic acids is 1. The normalized spacial score (nSPS) is 23.0. The molecule has 1 aromatic carbocycles. The molecule has 6 heteroatoms. The van der Waals surface area contributed by atoms with Crippen LogP contribution in [0.15, 0.2) is 18.2 Å². The van der Waals surface area contributed by atoms with Crippen LogP contribution in [0.3, 0.4) is 0 Å². The van der Waals surface area contributed by atoms with Crippen LogP contribution in [0, 0.1) is 11.7 Å². The maximum atomic E-state index is 13.6. The highest BCUT2D eigenvalue weighted by molar-refractivity contribution is 6.30. The summed E-state index contributed by atoms with van der Waals surface area (Å²) in [6.45, 7) is 3.98.